The summed E-state index contributed by atoms with van der Waals surface area (Å²) < 4.78 is 3.96. The van der Waals surface area contributed by atoms with Crippen molar-refractivity contribution in [3.63, 3.8) is 0 Å². The molecule has 1 atom stereocenters. The van der Waals surface area contributed by atoms with Crippen molar-refractivity contribution in [3.8, 4) is 17.2 Å². The second-order valence-corrected chi connectivity index (χ2v) is 5.67. The number of hydrogen-bond acceptors (Lipinski definition) is 3. The summed E-state index contributed by atoms with van der Waals surface area (Å²) in [6, 6.07) is 12.1. The minimum absolute atomic E-state index is 0.131. The summed E-state index contributed by atoms with van der Waals surface area (Å²) in [6.45, 7) is 0.723. The molecule has 0 radical (unpaired) electrons. The number of rotatable bonds is 4. The summed E-state index contributed by atoms with van der Waals surface area (Å²) >= 11 is 0. The van der Waals surface area contributed by atoms with E-state index in [1.807, 2.05) is 47.3 Å². The molecule has 1 aliphatic heterocycles. The van der Waals surface area contributed by atoms with E-state index in [-0.39, 0.29) is 11.9 Å². The quantitative estimate of drug-likeness (QED) is 0.802. The van der Waals surface area contributed by atoms with Crippen LogP contribution in [0.25, 0.3) is 17.2 Å². The van der Waals surface area contributed by atoms with Crippen LogP contribution in [0.5, 0.6) is 0 Å². The van der Waals surface area contributed by atoms with Gasteiger partial charge >= 0.3 is 0 Å². The van der Waals surface area contributed by atoms with Gasteiger partial charge in [-0.3, -0.25) is 4.79 Å². The third-order valence-corrected chi connectivity index (χ3v) is 4.09. The van der Waals surface area contributed by atoms with E-state index < -0.39 is 0 Å². The van der Waals surface area contributed by atoms with E-state index in [9.17, 15) is 4.79 Å². The first-order chi connectivity index (χ1) is 11.3. The van der Waals surface area contributed by atoms with Crippen molar-refractivity contribution in [2.75, 3.05) is 0 Å². The van der Waals surface area contributed by atoms with Crippen molar-refractivity contribution in [2.45, 2.75) is 25.4 Å². The predicted octanol–water partition coefficient (Wildman–Crippen LogP) is 2.01. The number of amides is 1. The highest BCUT2D eigenvalue weighted by atomic mass is 16.1. The van der Waals surface area contributed by atoms with Gasteiger partial charge in [-0.25, -0.2) is 9.67 Å². The molecule has 1 aromatic carbocycles. The van der Waals surface area contributed by atoms with E-state index >= 15 is 0 Å². The molecule has 1 aliphatic rings. The fraction of sp³-hybridized carbons (Fsp3) is 0.235. The zero-order valence-electron chi connectivity index (χ0n) is 12.6. The SMILES string of the molecule is O=C1CCC(Cn2ccnc2-c2ccnn2-c2ccccc2)N1. The lowest BCUT2D eigenvalue weighted by Gasteiger charge is -2.14. The van der Waals surface area contributed by atoms with Crippen LogP contribution in [0.3, 0.4) is 0 Å². The molecule has 1 fully saturated rings. The van der Waals surface area contributed by atoms with Gasteiger partial charge in [-0.1, -0.05) is 18.2 Å². The first-order valence-electron chi connectivity index (χ1n) is 7.71. The van der Waals surface area contributed by atoms with Crippen molar-refractivity contribution in [2.24, 2.45) is 0 Å². The maximum absolute atomic E-state index is 11.4. The number of para-hydroxylation sites is 1. The Morgan fingerprint density at radius 2 is 2.04 bits per heavy atom. The monoisotopic (exact) mass is 307 g/mol. The number of carbonyl (C=O) groups is 1. The van der Waals surface area contributed by atoms with Gasteiger partial charge in [-0.05, 0) is 24.6 Å². The molecule has 1 N–H and O–H groups in total. The van der Waals surface area contributed by atoms with Crippen LogP contribution in [-0.4, -0.2) is 31.3 Å². The molecule has 4 rings (SSSR count). The molecule has 0 spiro atoms. The summed E-state index contributed by atoms with van der Waals surface area (Å²) in [7, 11) is 0. The Morgan fingerprint density at radius 3 is 2.83 bits per heavy atom. The number of carbonyl (C=O) groups excluding carboxylic acids is 1. The van der Waals surface area contributed by atoms with Gasteiger partial charge < -0.3 is 9.88 Å². The summed E-state index contributed by atoms with van der Waals surface area (Å²) in [6.07, 6.45) is 6.99. The molecule has 6 nitrogen and oxygen atoms in total. The Balaban J connectivity index is 1.66. The zero-order chi connectivity index (χ0) is 15.6. The van der Waals surface area contributed by atoms with Gasteiger partial charge in [-0.15, -0.1) is 0 Å². The van der Waals surface area contributed by atoms with Crippen LogP contribution in [0.4, 0.5) is 0 Å². The van der Waals surface area contributed by atoms with Crippen LogP contribution in [0.1, 0.15) is 12.8 Å². The summed E-state index contributed by atoms with van der Waals surface area (Å²) in [5.41, 5.74) is 1.93. The van der Waals surface area contributed by atoms with Gasteiger partial charge in [0, 0.05) is 31.4 Å². The van der Waals surface area contributed by atoms with Gasteiger partial charge in [0.05, 0.1) is 11.9 Å². The van der Waals surface area contributed by atoms with Gasteiger partial charge in [0.2, 0.25) is 5.91 Å². The first kappa shape index (κ1) is 13.8. The second-order valence-electron chi connectivity index (χ2n) is 5.67. The van der Waals surface area contributed by atoms with Crippen LogP contribution in [0.15, 0.2) is 55.0 Å². The number of nitrogens with zero attached hydrogens (tertiary/aromatic N) is 4. The van der Waals surface area contributed by atoms with Crippen molar-refractivity contribution in [1.82, 2.24) is 24.6 Å². The fourth-order valence-electron chi connectivity index (χ4n) is 2.99. The summed E-state index contributed by atoms with van der Waals surface area (Å²) in [5, 5.41) is 7.42. The Bertz CT molecular complexity index is 820. The Morgan fingerprint density at radius 1 is 1.17 bits per heavy atom. The molecule has 0 aliphatic carbocycles. The van der Waals surface area contributed by atoms with E-state index in [1.54, 1.807) is 12.4 Å². The largest absolute Gasteiger partial charge is 0.352 e. The third-order valence-electron chi connectivity index (χ3n) is 4.09. The Labute approximate surface area is 133 Å². The molecule has 0 bridgehead atoms. The van der Waals surface area contributed by atoms with Crippen molar-refractivity contribution in [3.05, 3.63) is 55.0 Å². The van der Waals surface area contributed by atoms with Crippen LogP contribution in [-0.2, 0) is 11.3 Å². The maximum Gasteiger partial charge on any atom is 0.220 e. The highest BCUT2D eigenvalue weighted by Crippen LogP contribution is 2.22. The third kappa shape index (κ3) is 2.63. The van der Waals surface area contributed by atoms with E-state index in [0.29, 0.717) is 6.42 Å². The van der Waals surface area contributed by atoms with Gasteiger partial charge in [0.25, 0.3) is 0 Å². The lowest BCUT2D eigenvalue weighted by Crippen LogP contribution is -2.29. The topological polar surface area (TPSA) is 64.7 Å². The van der Waals surface area contributed by atoms with E-state index in [1.165, 1.54) is 0 Å². The average Bonchev–Trinajstić information content (AvgIpc) is 3.29. The standard InChI is InChI=1S/C17H17N5O/c23-16-7-6-13(20-16)12-21-11-10-18-17(21)15-8-9-19-22(15)14-4-2-1-3-5-14/h1-5,8-11,13H,6-7,12H2,(H,20,23). The fourth-order valence-corrected chi connectivity index (χ4v) is 2.99. The molecule has 3 aromatic rings. The number of benzene rings is 1. The van der Waals surface area contributed by atoms with Gasteiger partial charge in [0.15, 0.2) is 5.82 Å². The van der Waals surface area contributed by atoms with Crippen molar-refractivity contribution >= 4 is 5.91 Å². The zero-order valence-corrected chi connectivity index (χ0v) is 12.6. The highest BCUT2D eigenvalue weighted by molar-refractivity contribution is 5.78. The molecule has 1 amide bonds. The highest BCUT2D eigenvalue weighted by Gasteiger charge is 2.22. The number of nitrogens with one attached hydrogen (secondary N) is 1. The minimum Gasteiger partial charge on any atom is -0.352 e. The average molecular weight is 307 g/mol. The van der Waals surface area contributed by atoms with E-state index in [4.69, 9.17) is 0 Å². The number of imidazole rings is 1. The van der Waals surface area contributed by atoms with Crippen LogP contribution < -0.4 is 5.32 Å². The Kier molecular flexibility index (Phi) is 3.42. The smallest absolute Gasteiger partial charge is 0.220 e. The molecule has 3 heterocycles. The predicted molar refractivity (Wildman–Crippen MR) is 85.9 cm³/mol. The normalized spacial score (nSPS) is 17.4. The first-order valence-corrected chi connectivity index (χ1v) is 7.71. The lowest BCUT2D eigenvalue weighted by atomic mass is 10.2. The van der Waals surface area contributed by atoms with Gasteiger partial charge in [0.1, 0.15) is 5.69 Å². The summed E-state index contributed by atoms with van der Waals surface area (Å²) in [4.78, 5) is 15.9. The molecule has 116 valence electrons. The lowest BCUT2D eigenvalue weighted by molar-refractivity contribution is -0.119. The van der Waals surface area contributed by atoms with E-state index in [2.05, 4.69) is 20.0 Å². The number of aromatic nitrogens is 4. The molecule has 1 saturated heterocycles. The maximum atomic E-state index is 11.4. The van der Waals surface area contributed by atoms with Crippen molar-refractivity contribution in [1.29, 1.82) is 0 Å². The summed E-state index contributed by atoms with van der Waals surface area (Å²) in [5.74, 6) is 0.985. The van der Waals surface area contributed by atoms with E-state index in [0.717, 1.165) is 30.2 Å². The van der Waals surface area contributed by atoms with Gasteiger partial charge in [-0.2, -0.15) is 5.10 Å². The van der Waals surface area contributed by atoms with Crippen LogP contribution in [0.2, 0.25) is 0 Å². The molecule has 6 heteroatoms. The molecule has 1 unspecified atom stereocenters. The molecular weight excluding hydrogens is 290 g/mol. The molecular formula is C17H17N5O. The van der Waals surface area contributed by atoms with Crippen molar-refractivity contribution < 1.29 is 4.79 Å². The van der Waals surface area contributed by atoms with Crippen LogP contribution in [0, 0.1) is 0 Å². The second kappa shape index (κ2) is 5.72. The minimum atomic E-state index is 0.131. The Hall–Kier alpha value is -2.89. The molecule has 0 saturated carbocycles. The molecule has 2 aromatic heterocycles. The number of hydrogen-bond donors (Lipinski definition) is 1. The molecule has 23 heavy (non-hydrogen) atoms. The van der Waals surface area contributed by atoms with Crippen LogP contribution >= 0.6 is 0 Å².